The molecule has 146 valence electrons. The van der Waals surface area contributed by atoms with Gasteiger partial charge in [-0.2, -0.15) is 8.42 Å². The number of phenolic OH excluding ortho intramolecular Hbond substituents is 1. The molecule has 0 saturated heterocycles. The van der Waals surface area contributed by atoms with Crippen LogP contribution in [0.3, 0.4) is 0 Å². The molecule has 0 bridgehead atoms. The summed E-state index contributed by atoms with van der Waals surface area (Å²) in [5.41, 5.74) is 1.01. The fourth-order valence-electron chi connectivity index (χ4n) is 2.40. The van der Waals surface area contributed by atoms with Crippen LogP contribution in [0.2, 0.25) is 5.02 Å². The average molecular weight is 413 g/mol. The van der Waals surface area contributed by atoms with Crippen LogP contribution in [0.15, 0.2) is 46.8 Å². The van der Waals surface area contributed by atoms with Crippen molar-refractivity contribution in [2.75, 3.05) is 23.7 Å². The Kier molecular flexibility index (Phi) is 7.52. The molecule has 0 unspecified atom stereocenters. The molecule has 1 heterocycles. The fraction of sp³-hybridized carbons (Fsp3) is 0.353. The van der Waals surface area contributed by atoms with Crippen LogP contribution in [0.5, 0.6) is 5.75 Å². The minimum Gasteiger partial charge on any atom is -0.506 e. The Morgan fingerprint density at radius 1 is 1.19 bits per heavy atom. The Morgan fingerprint density at radius 3 is 2.56 bits per heavy atom. The molecule has 0 fully saturated rings. The van der Waals surface area contributed by atoms with Crippen LogP contribution < -0.4 is 4.90 Å². The largest absolute Gasteiger partial charge is 0.506 e. The Labute approximate surface area is 163 Å². The van der Waals surface area contributed by atoms with Crippen LogP contribution in [-0.2, 0) is 10.1 Å². The molecule has 10 heteroatoms. The van der Waals surface area contributed by atoms with Gasteiger partial charge in [-0.15, -0.1) is 10.2 Å². The smallest absolute Gasteiger partial charge is 0.264 e. The quantitative estimate of drug-likeness (QED) is 0.467. The Morgan fingerprint density at radius 2 is 1.96 bits per heavy atom. The summed E-state index contributed by atoms with van der Waals surface area (Å²) in [5.74, 6) is 0.00125. The average Bonchev–Trinajstić information content (AvgIpc) is 2.60. The first-order valence-electron chi connectivity index (χ1n) is 8.35. The second-order valence-corrected chi connectivity index (χ2v) is 7.84. The maximum absolute atomic E-state index is 10.9. The van der Waals surface area contributed by atoms with E-state index in [1.807, 2.05) is 11.8 Å². The third-order valence-corrected chi connectivity index (χ3v) is 4.65. The van der Waals surface area contributed by atoms with E-state index < -0.39 is 10.1 Å². The summed E-state index contributed by atoms with van der Waals surface area (Å²) in [6.07, 6.45) is 2.58. The Hall–Kier alpha value is -2.23. The predicted molar refractivity (Wildman–Crippen MR) is 105 cm³/mol. The first kappa shape index (κ1) is 21.1. The van der Waals surface area contributed by atoms with Crippen LogP contribution in [0.25, 0.3) is 0 Å². The van der Waals surface area contributed by atoms with Gasteiger partial charge in [-0.1, -0.05) is 18.5 Å². The van der Waals surface area contributed by atoms with Crippen LogP contribution >= 0.6 is 11.6 Å². The van der Waals surface area contributed by atoms with Crippen LogP contribution in [0.4, 0.5) is 17.2 Å². The van der Waals surface area contributed by atoms with E-state index in [-0.39, 0.29) is 23.6 Å². The Bertz CT molecular complexity index is 888. The summed E-state index contributed by atoms with van der Waals surface area (Å²) in [7, 11) is -3.99. The van der Waals surface area contributed by atoms with Gasteiger partial charge in [0, 0.05) is 31.0 Å². The van der Waals surface area contributed by atoms with Crippen molar-refractivity contribution in [2.24, 2.45) is 10.2 Å². The maximum atomic E-state index is 10.9. The molecule has 0 aliphatic carbocycles. The number of hydrogen-bond acceptors (Lipinski definition) is 7. The molecule has 27 heavy (non-hydrogen) atoms. The number of halogens is 1. The summed E-state index contributed by atoms with van der Waals surface area (Å²) in [5, 5.41) is 18.7. The van der Waals surface area contributed by atoms with Gasteiger partial charge < -0.3 is 10.0 Å². The van der Waals surface area contributed by atoms with Gasteiger partial charge in [0.25, 0.3) is 10.1 Å². The molecule has 8 nitrogen and oxygen atoms in total. The second kappa shape index (κ2) is 9.63. The minimum atomic E-state index is -3.99. The molecule has 2 N–H and O–H groups in total. The number of aromatic hydroxyl groups is 1. The van der Waals surface area contributed by atoms with Crippen LogP contribution in [0.1, 0.15) is 19.8 Å². The van der Waals surface area contributed by atoms with Gasteiger partial charge in [0.2, 0.25) is 0 Å². The SMILES string of the molecule is CCCN(CCCS(=O)(=O)O)c1ccc(N=Nc2ccc(Cl)cn2)c(O)c1. The number of benzene rings is 1. The molecular formula is C17H21ClN4O4S. The lowest BCUT2D eigenvalue weighted by Gasteiger charge is -2.24. The highest BCUT2D eigenvalue weighted by atomic mass is 35.5. The highest BCUT2D eigenvalue weighted by Crippen LogP contribution is 2.32. The van der Waals surface area contributed by atoms with Gasteiger partial charge >= 0.3 is 0 Å². The zero-order valence-electron chi connectivity index (χ0n) is 14.8. The second-order valence-electron chi connectivity index (χ2n) is 5.83. The summed E-state index contributed by atoms with van der Waals surface area (Å²) in [4.78, 5) is 5.93. The molecule has 0 amide bonds. The van der Waals surface area contributed by atoms with Crippen LogP contribution in [-0.4, -0.2) is 41.9 Å². The van der Waals surface area contributed by atoms with E-state index >= 15 is 0 Å². The third-order valence-electron chi connectivity index (χ3n) is 3.62. The lowest BCUT2D eigenvalue weighted by atomic mass is 10.2. The summed E-state index contributed by atoms with van der Waals surface area (Å²) < 4.78 is 30.6. The van der Waals surface area contributed by atoms with Gasteiger partial charge in [0.15, 0.2) is 5.82 Å². The lowest BCUT2D eigenvalue weighted by molar-refractivity contribution is 0.475. The fourth-order valence-corrected chi connectivity index (χ4v) is 3.01. The summed E-state index contributed by atoms with van der Waals surface area (Å²) in [6, 6.07) is 8.19. The molecular weight excluding hydrogens is 392 g/mol. The van der Waals surface area contributed by atoms with E-state index in [2.05, 4.69) is 15.2 Å². The van der Waals surface area contributed by atoms with Gasteiger partial charge in [-0.3, -0.25) is 4.55 Å². The molecule has 0 aliphatic heterocycles. The molecule has 2 rings (SSSR count). The number of azo groups is 1. The van der Waals surface area contributed by atoms with Crippen molar-refractivity contribution in [2.45, 2.75) is 19.8 Å². The van der Waals surface area contributed by atoms with E-state index in [1.54, 1.807) is 30.3 Å². The number of hydrogen-bond donors (Lipinski definition) is 2. The standard InChI is InChI=1S/C17H21ClN4O4S/c1-2-8-22(9-3-10-27(24,25)26)14-5-6-15(16(23)11-14)20-21-17-7-4-13(18)12-19-17/h4-7,11-12,23H,2-3,8-10H2,1H3,(H,24,25,26). The van der Waals surface area contributed by atoms with Crippen molar-refractivity contribution >= 4 is 38.9 Å². The molecule has 0 radical (unpaired) electrons. The molecule has 1 aromatic carbocycles. The summed E-state index contributed by atoms with van der Waals surface area (Å²) >= 11 is 5.76. The number of nitrogens with zero attached hydrogens (tertiary/aromatic N) is 4. The Balaban J connectivity index is 2.11. The third kappa shape index (κ3) is 7.12. The molecule has 0 saturated carbocycles. The monoisotopic (exact) mass is 412 g/mol. The number of pyridine rings is 1. The van der Waals surface area contributed by atoms with E-state index in [0.29, 0.717) is 23.9 Å². The van der Waals surface area contributed by atoms with Crippen molar-refractivity contribution in [3.8, 4) is 5.75 Å². The van der Waals surface area contributed by atoms with Crippen molar-refractivity contribution < 1.29 is 18.1 Å². The highest BCUT2D eigenvalue weighted by Gasteiger charge is 2.11. The number of aromatic nitrogens is 1. The first-order chi connectivity index (χ1) is 12.8. The van der Waals surface area contributed by atoms with E-state index in [4.69, 9.17) is 16.2 Å². The van der Waals surface area contributed by atoms with Crippen LogP contribution in [0, 0.1) is 0 Å². The predicted octanol–water partition coefficient (Wildman–Crippen LogP) is 4.35. The maximum Gasteiger partial charge on any atom is 0.264 e. The van der Waals surface area contributed by atoms with Gasteiger partial charge in [0.1, 0.15) is 11.4 Å². The molecule has 0 spiro atoms. The zero-order valence-corrected chi connectivity index (χ0v) is 16.4. The normalized spacial score (nSPS) is 11.8. The molecule has 0 atom stereocenters. The number of phenols is 1. The van der Waals surface area contributed by atoms with E-state index in [1.165, 1.54) is 6.20 Å². The van der Waals surface area contributed by atoms with Gasteiger partial charge in [0.05, 0.1) is 10.8 Å². The zero-order chi connectivity index (χ0) is 19.9. The number of rotatable bonds is 9. The molecule has 2 aromatic rings. The lowest BCUT2D eigenvalue weighted by Crippen LogP contribution is -2.26. The van der Waals surface area contributed by atoms with Crippen molar-refractivity contribution in [3.05, 3.63) is 41.6 Å². The minimum absolute atomic E-state index is 0.0545. The number of anilines is 1. The van der Waals surface area contributed by atoms with Gasteiger partial charge in [-0.05, 0) is 37.1 Å². The molecule has 1 aromatic heterocycles. The molecule has 0 aliphatic rings. The van der Waals surface area contributed by atoms with Gasteiger partial charge in [-0.25, -0.2) is 4.98 Å². The van der Waals surface area contributed by atoms with Crippen molar-refractivity contribution in [3.63, 3.8) is 0 Å². The first-order valence-corrected chi connectivity index (χ1v) is 10.3. The summed E-state index contributed by atoms with van der Waals surface area (Å²) in [6.45, 7) is 3.11. The van der Waals surface area contributed by atoms with Crippen molar-refractivity contribution in [1.82, 2.24) is 4.98 Å². The topological polar surface area (TPSA) is 115 Å². The van der Waals surface area contributed by atoms with E-state index in [9.17, 15) is 13.5 Å². The highest BCUT2D eigenvalue weighted by molar-refractivity contribution is 7.85. The van der Waals surface area contributed by atoms with E-state index in [0.717, 1.165) is 12.1 Å². The van der Waals surface area contributed by atoms with Crippen molar-refractivity contribution in [1.29, 1.82) is 0 Å².